The van der Waals surface area contributed by atoms with Gasteiger partial charge in [0, 0.05) is 12.1 Å². The van der Waals surface area contributed by atoms with E-state index < -0.39 is 6.10 Å². The quantitative estimate of drug-likeness (QED) is 0.708. The van der Waals surface area contributed by atoms with E-state index in [9.17, 15) is 10.2 Å². The van der Waals surface area contributed by atoms with E-state index in [2.05, 4.69) is 19.2 Å². The highest BCUT2D eigenvalue weighted by molar-refractivity contribution is 5.39. The predicted molar refractivity (Wildman–Crippen MR) is 61.1 cm³/mol. The van der Waals surface area contributed by atoms with Gasteiger partial charge >= 0.3 is 0 Å². The van der Waals surface area contributed by atoms with Gasteiger partial charge in [-0.2, -0.15) is 0 Å². The lowest BCUT2D eigenvalue weighted by molar-refractivity contribution is 0.174. The number of benzene rings is 1. The van der Waals surface area contributed by atoms with Crippen molar-refractivity contribution in [1.82, 2.24) is 5.32 Å². The molecule has 3 nitrogen and oxygen atoms in total. The maximum absolute atomic E-state index is 9.75. The van der Waals surface area contributed by atoms with Crippen molar-refractivity contribution in [3.63, 3.8) is 0 Å². The molecule has 1 atom stereocenters. The standard InChI is InChI=1S/C12H19NO2/c1-8(2)9-4-5-10(11(14)6-9)12(15)7-13-3/h4-6,8,12-15H,7H2,1-3H3. The highest BCUT2D eigenvalue weighted by Gasteiger charge is 2.12. The number of phenolic OH excluding ortho intramolecular Hbond substituents is 1. The number of aromatic hydroxyl groups is 1. The number of aliphatic hydroxyl groups is 1. The smallest absolute Gasteiger partial charge is 0.121 e. The summed E-state index contributed by atoms with van der Waals surface area (Å²) in [6, 6.07) is 5.45. The van der Waals surface area contributed by atoms with Crippen molar-refractivity contribution in [2.24, 2.45) is 0 Å². The molecule has 0 aromatic heterocycles. The number of hydrogen-bond donors (Lipinski definition) is 3. The summed E-state index contributed by atoms with van der Waals surface area (Å²) >= 11 is 0. The number of hydrogen-bond acceptors (Lipinski definition) is 3. The van der Waals surface area contributed by atoms with E-state index in [-0.39, 0.29) is 5.75 Å². The molecule has 3 N–H and O–H groups in total. The third kappa shape index (κ3) is 2.94. The maximum Gasteiger partial charge on any atom is 0.121 e. The second kappa shape index (κ2) is 5.14. The third-order valence-electron chi connectivity index (χ3n) is 2.48. The van der Waals surface area contributed by atoms with Crippen LogP contribution < -0.4 is 5.32 Å². The lowest BCUT2D eigenvalue weighted by atomic mass is 9.99. The summed E-state index contributed by atoms with van der Waals surface area (Å²) < 4.78 is 0. The third-order valence-corrected chi connectivity index (χ3v) is 2.48. The van der Waals surface area contributed by atoms with Crippen LogP contribution in [0.1, 0.15) is 37.0 Å². The van der Waals surface area contributed by atoms with E-state index in [0.717, 1.165) is 5.56 Å². The van der Waals surface area contributed by atoms with Gasteiger partial charge in [0.05, 0.1) is 6.10 Å². The minimum absolute atomic E-state index is 0.170. The molecule has 0 spiro atoms. The van der Waals surface area contributed by atoms with E-state index in [0.29, 0.717) is 18.0 Å². The van der Waals surface area contributed by atoms with Crippen LogP contribution in [0.15, 0.2) is 18.2 Å². The van der Waals surface area contributed by atoms with Crippen LogP contribution in [-0.4, -0.2) is 23.8 Å². The predicted octanol–water partition coefficient (Wildman–Crippen LogP) is 1.77. The molecule has 0 aliphatic carbocycles. The maximum atomic E-state index is 9.75. The number of aliphatic hydroxyl groups excluding tert-OH is 1. The highest BCUT2D eigenvalue weighted by atomic mass is 16.3. The van der Waals surface area contributed by atoms with Gasteiger partial charge in [-0.25, -0.2) is 0 Å². The molecule has 0 radical (unpaired) electrons. The second-order valence-electron chi connectivity index (χ2n) is 4.05. The molecule has 3 heteroatoms. The summed E-state index contributed by atoms with van der Waals surface area (Å²) in [5.74, 6) is 0.551. The molecule has 0 aliphatic rings. The monoisotopic (exact) mass is 209 g/mol. The Balaban J connectivity index is 2.92. The number of rotatable bonds is 4. The Morgan fingerprint density at radius 2 is 2.00 bits per heavy atom. The van der Waals surface area contributed by atoms with Crippen LogP contribution >= 0.6 is 0 Å². The first kappa shape index (κ1) is 12.0. The van der Waals surface area contributed by atoms with Gasteiger partial charge in [0.25, 0.3) is 0 Å². The molecule has 0 fully saturated rings. The fraction of sp³-hybridized carbons (Fsp3) is 0.500. The van der Waals surface area contributed by atoms with Crippen molar-refractivity contribution in [2.45, 2.75) is 25.9 Å². The molecule has 0 saturated carbocycles. The van der Waals surface area contributed by atoms with E-state index >= 15 is 0 Å². The lowest BCUT2D eigenvalue weighted by Crippen LogP contribution is -2.16. The summed E-state index contributed by atoms with van der Waals surface area (Å²) in [4.78, 5) is 0. The normalized spacial score (nSPS) is 13.1. The summed E-state index contributed by atoms with van der Waals surface area (Å²) in [5.41, 5.74) is 1.65. The molecule has 15 heavy (non-hydrogen) atoms. The van der Waals surface area contributed by atoms with Gasteiger partial charge in [0.15, 0.2) is 0 Å². The van der Waals surface area contributed by atoms with Crippen LogP contribution in [0.4, 0.5) is 0 Å². The van der Waals surface area contributed by atoms with E-state index in [1.807, 2.05) is 6.07 Å². The second-order valence-corrected chi connectivity index (χ2v) is 4.05. The molecular formula is C12H19NO2. The average molecular weight is 209 g/mol. The van der Waals surface area contributed by atoms with Gasteiger partial charge in [-0.05, 0) is 24.6 Å². The summed E-state index contributed by atoms with van der Waals surface area (Å²) in [6.07, 6.45) is -0.656. The fourth-order valence-corrected chi connectivity index (χ4v) is 1.50. The van der Waals surface area contributed by atoms with Gasteiger partial charge in [-0.1, -0.05) is 26.0 Å². The Kier molecular flexibility index (Phi) is 4.12. The molecule has 0 heterocycles. The first-order valence-electron chi connectivity index (χ1n) is 5.21. The first-order chi connectivity index (χ1) is 7.06. The summed E-state index contributed by atoms with van der Waals surface area (Å²) in [6.45, 7) is 4.57. The zero-order valence-corrected chi connectivity index (χ0v) is 9.49. The van der Waals surface area contributed by atoms with Crippen LogP contribution in [0.3, 0.4) is 0 Å². The van der Waals surface area contributed by atoms with Crippen molar-refractivity contribution in [3.8, 4) is 5.75 Å². The molecule has 1 rings (SSSR count). The molecule has 0 bridgehead atoms. The van der Waals surface area contributed by atoms with Crippen LogP contribution in [0.5, 0.6) is 5.75 Å². The van der Waals surface area contributed by atoms with Gasteiger partial charge in [0.1, 0.15) is 5.75 Å². The first-order valence-corrected chi connectivity index (χ1v) is 5.21. The van der Waals surface area contributed by atoms with Crippen LogP contribution in [0, 0.1) is 0 Å². The number of nitrogens with one attached hydrogen (secondary N) is 1. The summed E-state index contributed by atoms with van der Waals surface area (Å²) in [7, 11) is 1.77. The van der Waals surface area contributed by atoms with Gasteiger partial charge < -0.3 is 15.5 Å². The van der Waals surface area contributed by atoms with Crippen LogP contribution in [0.2, 0.25) is 0 Å². The molecule has 1 aromatic rings. The van der Waals surface area contributed by atoms with Crippen molar-refractivity contribution in [2.75, 3.05) is 13.6 Å². The zero-order chi connectivity index (χ0) is 11.4. The largest absolute Gasteiger partial charge is 0.508 e. The van der Waals surface area contributed by atoms with Crippen molar-refractivity contribution in [3.05, 3.63) is 29.3 Å². The number of likely N-dealkylation sites (N-methyl/N-ethyl adjacent to an activating group) is 1. The molecular weight excluding hydrogens is 190 g/mol. The zero-order valence-electron chi connectivity index (χ0n) is 9.49. The Bertz CT molecular complexity index is 323. The average Bonchev–Trinajstić information content (AvgIpc) is 2.17. The highest BCUT2D eigenvalue weighted by Crippen LogP contribution is 2.27. The van der Waals surface area contributed by atoms with Crippen LogP contribution in [-0.2, 0) is 0 Å². The molecule has 1 unspecified atom stereocenters. The fourth-order valence-electron chi connectivity index (χ4n) is 1.50. The molecule has 0 aliphatic heterocycles. The topological polar surface area (TPSA) is 52.5 Å². The van der Waals surface area contributed by atoms with Crippen molar-refractivity contribution >= 4 is 0 Å². The van der Waals surface area contributed by atoms with Gasteiger partial charge in [-0.15, -0.1) is 0 Å². The Morgan fingerprint density at radius 1 is 1.33 bits per heavy atom. The Hall–Kier alpha value is -1.06. The Morgan fingerprint density at radius 3 is 2.47 bits per heavy atom. The molecule has 0 saturated heterocycles. The van der Waals surface area contributed by atoms with E-state index in [4.69, 9.17) is 0 Å². The molecule has 0 amide bonds. The number of phenols is 1. The van der Waals surface area contributed by atoms with E-state index in [1.54, 1.807) is 19.2 Å². The van der Waals surface area contributed by atoms with Crippen LogP contribution in [0.25, 0.3) is 0 Å². The van der Waals surface area contributed by atoms with E-state index in [1.165, 1.54) is 0 Å². The van der Waals surface area contributed by atoms with Gasteiger partial charge in [-0.3, -0.25) is 0 Å². The molecule has 84 valence electrons. The molecule has 1 aromatic carbocycles. The minimum Gasteiger partial charge on any atom is -0.508 e. The van der Waals surface area contributed by atoms with Crippen molar-refractivity contribution in [1.29, 1.82) is 0 Å². The van der Waals surface area contributed by atoms with Crippen molar-refractivity contribution < 1.29 is 10.2 Å². The lowest BCUT2D eigenvalue weighted by Gasteiger charge is -2.14. The Labute approximate surface area is 90.8 Å². The minimum atomic E-state index is -0.656. The summed E-state index contributed by atoms with van der Waals surface area (Å²) in [5, 5.41) is 22.3. The van der Waals surface area contributed by atoms with Gasteiger partial charge in [0.2, 0.25) is 0 Å². The SMILES string of the molecule is CNCC(O)c1ccc(C(C)C)cc1O.